The van der Waals surface area contributed by atoms with E-state index in [9.17, 15) is 13.2 Å². The Bertz CT molecular complexity index is 537. The Labute approximate surface area is 113 Å². The van der Waals surface area contributed by atoms with Crippen LogP contribution in [0.4, 0.5) is 0 Å². The zero-order chi connectivity index (χ0) is 14.6. The lowest BCUT2D eigenvalue weighted by Crippen LogP contribution is -2.33. The van der Waals surface area contributed by atoms with Crippen LogP contribution in [-0.4, -0.2) is 62.9 Å². The Kier molecular flexibility index (Phi) is 5.04. The van der Waals surface area contributed by atoms with Gasteiger partial charge in [-0.05, 0) is 38.4 Å². The van der Waals surface area contributed by atoms with E-state index in [1.807, 2.05) is 19.0 Å². The highest BCUT2D eigenvalue weighted by Gasteiger charge is 2.20. The van der Waals surface area contributed by atoms with E-state index in [1.165, 1.54) is 35.6 Å². The normalized spacial score (nSPS) is 12.1. The average Bonchev–Trinajstić information content (AvgIpc) is 2.35. The van der Waals surface area contributed by atoms with Gasteiger partial charge in [-0.15, -0.1) is 0 Å². The molecule has 0 aliphatic rings. The fourth-order valence-electron chi connectivity index (χ4n) is 1.41. The van der Waals surface area contributed by atoms with Crippen molar-refractivity contribution >= 4 is 16.0 Å². The molecule has 0 aliphatic carbocycles. The van der Waals surface area contributed by atoms with Crippen molar-refractivity contribution in [1.29, 1.82) is 0 Å². The molecular formula is C12H18N2O4S. The van der Waals surface area contributed by atoms with E-state index in [4.69, 9.17) is 5.11 Å². The van der Waals surface area contributed by atoms with E-state index >= 15 is 0 Å². The second-order valence-corrected chi connectivity index (χ2v) is 6.50. The largest absolute Gasteiger partial charge is 0.478 e. The van der Waals surface area contributed by atoms with Gasteiger partial charge in [0.25, 0.3) is 0 Å². The Morgan fingerprint density at radius 1 is 1.11 bits per heavy atom. The maximum atomic E-state index is 12.2. The van der Waals surface area contributed by atoms with Gasteiger partial charge in [0.05, 0.1) is 10.5 Å². The first-order valence-corrected chi connectivity index (χ1v) is 7.13. The van der Waals surface area contributed by atoms with Gasteiger partial charge in [0, 0.05) is 20.1 Å². The van der Waals surface area contributed by atoms with Crippen molar-refractivity contribution in [3.8, 4) is 0 Å². The average molecular weight is 286 g/mol. The number of benzene rings is 1. The molecule has 0 aliphatic heterocycles. The molecule has 0 aromatic heterocycles. The van der Waals surface area contributed by atoms with Gasteiger partial charge in [0.1, 0.15) is 0 Å². The lowest BCUT2D eigenvalue weighted by Gasteiger charge is -2.19. The van der Waals surface area contributed by atoms with Crippen LogP contribution >= 0.6 is 0 Å². The molecule has 1 N–H and O–H groups in total. The first-order chi connectivity index (χ1) is 8.75. The number of carboxylic acids is 1. The highest BCUT2D eigenvalue weighted by Crippen LogP contribution is 2.15. The lowest BCUT2D eigenvalue weighted by atomic mass is 10.2. The summed E-state index contributed by atoms with van der Waals surface area (Å²) < 4.78 is 25.6. The van der Waals surface area contributed by atoms with E-state index in [2.05, 4.69) is 0 Å². The third kappa shape index (κ3) is 4.02. The fraction of sp³-hybridized carbons (Fsp3) is 0.417. The third-order valence-electron chi connectivity index (χ3n) is 2.67. The monoisotopic (exact) mass is 286 g/mol. The molecule has 0 saturated carbocycles. The van der Waals surface area contributed by atoms with Gasteiger partial charge in [0.2, 0.25) is 10.0 Å². The summed E-state index contributed by atoms with van der Waals surface area (Å²) in [6, 6.07) is 5.19. The van der Waals surface area contributed by atoms with Gasteiger partial charge in [-0.2, -0.15) is 4.31 Å². The van der Waals surface area contributed by atoms with Crippen molar-refractivity contribution in [3.05, 3.63) is 29.8 Å². The number of likely N-dealkylation sites (N-methyl/N-ethyl adjacent to an activating group) is 2. The quantitative estimate of drug-likeness (QED) is 0.827. The molecule has 0 amide bonds. The smallest absolute Gasteiger partial charge is 0.335 e. The number of carboxylic acid groups (broad SMARTS) is 1. The SMILES string of the molecule is CN(C)CCN(C)S(=O)(=O)c1ccc(C(=O)O)cc1. The number of nitrogens with zero attached hydrogens (tertiary/aromatic N) is 2. The molecule has 0 unspecified atom stereocenters. The van der Waals surface area contributed by atoms with Crippen LogP contribution in [0.3, 0.4) is 0 Å². The van der Waals surface area contributed by atoms with Crippen molar-refractivity contribution in [2.24, 2.45) is 0 Å². The van der Waals surface area contributed by atoms with Crippen LogP contribution in [0.15, 0.2) is 29.2 Å². The van der Waals surface area contributed by atoms with Crippen molar-refractivity contribution in [2.75, 3.05) is 34.2 Å². The van der Waals surface area contributed by atoms with Crippen molar-refractivity contribution in [1.82, 2.24) is 9.21 Å². The van der Waals surface area contributed by atoms with Gasteiger partial charge >= 0.3 is 5.97 Å². The van der Waals surface area contributed by atoms with Crippen molar-refractivity contribution < 1.29 is 18.3 Å². The van der Waals surface area contributed by atoms with Crippen LogP contribution in [0.25, 0.3) is 0 Å². The third-order valence-corrected chi connectivity index (χ3v) is 4.54. The van der Waals surface area contributed by atoms with Gasteiger partial charge in [-0.1, -0.05) is 0 Å². The molecule has 7 heteroatoms. The molecule has 19 heavy (non-hydrogen) atoms. The first kappa shape index (κ1) is 15.6. The molecule has 0 heterocycles. The summed E-state index contributed by atoms with van der Waals surface area (Å²) in [5.41, 5.74) is 0.0647. The molecule has 0 bridgehead atoms. The molecule has 1 rings (SSSR count). The summed E-state index contributed by atoms with van der Waals surface area (Å²) >= 11 is 0. The second kappa shape index (κ2) is 6.14. The second-order valence-electron chi connectivity index (χ2n) is 4.46. The molecule has 1 aromatic rings. The Hall–Kier alpha value is -1.44. The van der Waals surface area contributed by atoms with E-state index in [1.54, 1.807) is 0 Å². The first-order valence-electron chi connectivity index (χ1n) is 5.69. The number of carbonyl (C=O) groups is 1. The highest BCUT2D eigenvalue weighted by molar-refractivity contribution is 7.89. The highest BCUT2D eigenvalue weighted by atomic mass is 32.2. The number of hydrogen-bond acceptors (Lipinski definition) is 4. The molecule has 0 atom stereocenters. The summed E-state index contributed by atoms with van der Waals surface area (Å²) in [5.74, 6) is -1.08. The van der Waals surface area contributed by atoms with E-state index in [0.29, 0.717) is 13.1 Å². The molecular weight excluding hydrogens is 268 g/mol. The maximum Gasteiger partial charge on any atom is 0.335 e. The number of sulfonamides is 1. The van der Waals surface area contributed by atoms with E-state index < -0.39 is 16.0 Å². The number of hydrogen-bond donors (Lipinski definition) is 1. The predicted octanol–water partition coefficient (Wildman–Crippen LogP) is 0.567. The van der Waals surface area contributed by atoms with Gasteiger partial charge < -0.3 is 10.0 Å². The Morgan fingerprint density at radius 3 is 2.05 bits per heavy atom. The standard InChI is InChI=1S/C12H18N2O4S/c1-13(2)8-9-14(3)19(17,18)11-6-4-10(5-7-11)12(15)16/h4-7H,8-9H2,1-3H3,(H,15,16). The molecule has 0 radical (unpaired) electrons. The van der Waals surface area contributed by atoms with Crippen LogP contribution in [0, 0.1) is 0 Å². The molecule has 106 valence electrons. The maximum absolute atomic E-state index is 12.2. The van der Waals surface area contributed by atoms with Gasteiger partial charge in [-0.3, -0.25) is 0 Å². The van der Waals surface area contributed by atoms with Gasteiger partial charge in [-0.25, -0.2) is 13.2 Å². The minimum absolute atomic E-state index is 0.0647. The Balaban J connectivity index is 2.90. The molecule has 0 saturated heterocycles. The molecule has 0 fully saturated rings. The zero-order valence-electron chi connectivity index (χ0n) is 11.2. The predicted molar refractivity (Wildman–Crippen MR) is 71.8 cm³/mol. The Morgan fingerprint density at radius 2 is 1.63 bits per heavy atom. The lowest BCUT2D eigenvalue weighted by molar-refractivity contribution is 0.0696. The van der Waals surface area contributed by atoms with Crippen LogP contribution in [0.2, 0.25) is 0 Å². The van der Waals surface area contributed by atoms with Crippen LogP contribution in [0.1, 0.15) is 10.4 Å². The van der Waals surface area contributed by atoms with Crippen molar-refractivity contribution in [3.63, 3.8) is 0 Å². The van der Waals surface area contributed by atoms with Gasteiger partial charge in [0.15, 0.2) is 0 Å². The van der Waals surface area contributed by atoms with E-state index in [-0.39, 0.29) is 10.5 Å². The van der Waals surface area contributed by atoms with Crippen LogP contribution < -0.4 is 0 Å². The summed E-state index contributed by atoms with van der Waals surface area (Å²) in [7, 11) is 1.67. The summed E-state index contributed by atoms with van der Waals surface area (Å²) in [4.78, 5) is 12.7. The van der Waals surface area contributed by atoms with E-state index in [0.717, 1.165) is 0 Å². The zero-order valence-corrected chi connectivity index (χ0v) is 12.0. The van der Waals surface area contributed by atoms with Crippen LogP contribution in [0.5, 0.6) is 0 Å². The minimum Gasteiger partial charge on any atom is -0.478 e. The summed E-state index contributed by atoms with van der Waals surface area (Å²) in [6.07, 6.45) is 0. The summed E-state index contributed by atoms with van der Waals surface area (Å²) in [5, 5.41) is 8.77. The number of aromatic carboxylic acids is 1. The molecule has 6 nitrogen and oxygen atoms in total. The number of rotatable bonds is 6. The van der Waals surface area contributed by atoms with Crippen LogP contribution in [-0.2, 0) is 10.0 Å². The topological polar surface area (TPSA) is 77.9 Å². The fourth-order valence-corrected chi connectivity index (χ4v) is 2.57. The van der Waals surface area contributed by atoms with Crippen molar-refractivity contribution in [2.45, 2.75) is 4.90 Å². The minimum atomic E-state index is -3.56. The molecule has 1 aromatic carbocycles. The summed E-state index contributed by atoms with van der Waals surface area (Å²) in [6.45, 7) is 0.985. The molecule has 0 spiro atoms.